The second-order valence-electron chi connectivity index (χ2n) is 2.30. The molecule has 0 bridgehead atoms. The van der Waals surface area contributed by atoms with Crippen molar-refractivity contribution in [2.75, 3.05) is 33.2 Å². The molecule has 0 unspecified atom stereocenters. The molecule has 7 nitrogen and oxygen atoms in total. The minimum Gasteiger partial charge on any atom is -0.467 e. The number of rotatable bonds is 5. The zero-order valence-corrected chi connectivity index (χ0v) is 8.06. The molecule has 78 valence electrons. The van der Waals surface area contributed by atoms with Gasteiger partial charge in [-0.15, -0.1) is 4.98 Å². The highest BCUT2D eigenvalue weighted by Crippen LogP contribution is 2.09. The van der Waals surface area contributed by atoms with Gasteiger partial charge in [0.2, 0.25) is 5.95 Å². The Kier molecular flexibility index (Phi) is 3.86. The zero-order chi connectivity index (χ0) is 10.4. The van der Waals surface area contributed by atoms with E-state index in [1.165, 1.54) is 7.11 Å². The molecule has 1 heterocycles. The average molecular weight is 200 g/mol. The van der Waals surface area contributed by atoms with Crippen LogP contribution in [-0.4, -0.2) is 42.4 Å². The molecular weight excluding hydrogens is 188 g/mol. The maximum absolute atomic E-state index is 5.39. The van der Waals surface area contributed by atoms with Crippen LogP contribution in [0.3, 0.4) is 0 Å². The van der Waals surface area contributed by atoms with E-state index in [1.807, 2.05) is 0 Å². The molecule has 0 aliphatic rings. The molecular formula is C7H12N4O3. The van der Waals surface area contributed by atoms with Crippen molar-refractivity contribution in [2.24, 2.45) is 0 Å². The molecule has 1 aromatic heterocycles. The van der Waals surface area contributed by atoms with Crippen LogP contribution in [0.1, 0.15) is 0 Å². The van der Waals surface area contributed by atoms with Gasteiger partial charge >= 0.3 is 12.0 Å². The summed E-state index contributed by atoms with van der Waals surface area (Å²) >= 11 is 0. The molecule has 0 saturated carbocycles. The summed E-state index contributed by atoms with van der Waals surface area (Å²) in [6, 6.07) is 0.260. The van der Waals surface area contributed by atoms with Gasteiger partial charge in [0.05, 0.1) is 13.7 Å². The molecule has 0 saturated heterocycles. The van der Waals surface area contributed by atoms with Crippen molar-refractivity contribution in [3.05, 3.63) is 0 Å². The van der Waals surface area contributed by atoms with Gasteiger partial charge in [0.1, 0.15) is 6.61 Å². The van der Waals surface area contributed by atoms with Crippen LogP contribution in [0.25, 0.3) is 0 Å². The van der Waals surface area contributed by atoms with Crippen LogP contribution >= 0.6 is 0 Å². The first-order chi connectivity index (χ1) is 6.76. The fourth-order valence-electron chi connectivity index (χ4n) is 0.725. The number of nitrogens with two attached hydrogens (primary N) is 1. The molecule has 1 aromatic rings. The zero-order valence-electron chi connectivity index (χ0n) is 8.06. The lowest BCUT2D eigenvalue weighted by molar-refractivity contribution is 0.140. The topological polar surface area (TPSA) is 92.4 Å². The lowest BCUT2D eigenvalue weighted by atomic mass is 10.8. The van der Waals surface area contributed by atoms with E-state index in [1.54, 1.807) is 7.11 Å². The summed E-state index contributed by atoms with van der Waals surface area (Å²) in [6.45, 7) is 0.803. The lowest BCUT2D eigenvalue weighted by Gasteiger charge is -2.04. The number of nitrogen functional groups attached to an aromatic ring is 1. The fraction of sp³-hybridized carbons (Fsp3) is 0.571. The van der Waals surface area contributed by atoms with Crippen molar-refractivity contribution >= 4 is 5.95 Å². The van der Waals surface area contributed by atoms with Gasteiger partial charge in [-0.05, 0) is 0 Å². The molecule has 14 heavy (non-hydrogen) atoms. The van der Waals surface area contributed by atoms with Gasteiger partial charge in [-0.3, -0.25) is 0 Å². The average Bonchev–Trinajstić information content (AvgIpc) is 2.17. The minimum atomic E-state index is 0.0595. The normalized spacial score (nSPS) is 9.86. The van der Waals surface area contributed by atoms with Gasteiger partial charge < -0.3 is 19.9 Å². The third kappa shape index (κ3) is 3.02. The van der Waals surface area contributed by atoms with E-state index in [2.05, 4.69) is 15.0 Å². The highest BCUT2D eigenvalue weighted by atomic mass is 16.5. The number of hydrogen-bond donors (Lipinski definition) is 1. The van der Waals surface area contributed by atoms with Gasteiger partial charge in [-0.25, -0.2) is 0 Å². The number of ether oxygens (including phenoxy) is 3. The van der Waals surface area contributed by atoms with Crippen LogP contribution in [0, 0.1) is 0 Å². The van der Waals surface area contributed by atoms with Crippen LogP contribution in [0.4, 0.5) is 5.95 Å². The molecule has 0 aromatic carbocycles. The van der Waals surface area contributed by atoms with Crippen molar-refractivity contribution in [2.45, 2.75) is 0 Å². The van der Waals surface area contributed by atoms with Gasteiger partial charge in [-0.1, -0.05) is 0 Å². The van der Waals surface area contributed by atoms with E-state index in [0.29, 0.717) is 13.2 Å². The number of nitrogens with zero attached hydrogens (tertiary/aromatic N) is 3. The standard InChI is InChI=1S/C7H12N4O3/c1-12-3-4-14-7-10-5(8)9-6(11-7)13-2/h3-4H2,1-2H3,(H2,8,9,10,11). The highest BCUT2D eigenvalue weighted by Gasteiger charge is 2.04. The first-order valence-corrected chi connectivity index (χ1v) is 3.93. The van der Waals surface area contributed by atoms with Crippen molar-refractivity contribution in [1.82, 2.24) is 15.0 Å². The summed E-state index contributed by atoms with van der Waals surface area (Å²) in [5.41, 5.74) is 5.39. The third-order valence-corrected chi connectivity index (χ3v) is 1.31. The smallest absolute Gasteiger partial charge is 0.324 e. The molecule has 2 N–H and O–H groups in total. The molecule has 0 amide bonds. The Labute approximate surface area is 81.2 Å². The van der Waals surface area contributed by atoms with E-state index in [9.17, 15) is 0 Å². The SMILES string of the molecule is COCCOc1nc(N)nc(OC)n1. The Morgan fingerprint density at radius 2 is 1.79 bits per heavy atom. The monoisotopic (exact) mass is 200 g/mol. The van der Waals surface area contributed by atoms with Gasteiger partial charge in [0, 0.05) is 7.11 Å². The van der Waals surface area contributed by atoms with Crippen molar-refractivity contribution in [3.8, 4) is 12.0 Å². The second kappa shape index (κ2) is 5.18. The first kappa shape index (κ1) is 10.5. The minimum absolute atomic E-state index is 0.0595. The van der Waals surface area contributed by atoms with E-state index in [0.717, 1.165) is 0 Å². The Bertz CT molecular complexity index is 294. The molecule has 0 radical (unpaired) electrons. The summed E-state index contributed by atoms with van der Waals surface area (Å²) in [4.78, 5) is 11.3. The van der Waals surface area contributed by atoms with Gasteiger partial charge in [0.25, 0.3) is 0 Å². The first-order valence-electron chi connectivity index (χ1n) is 3.93. The summed E-state index contributed by atoms with van der Waals surface area (Å²) < 4.78 is 14.7. The largest absolute Gasteiger partial charge is 0.467 e. The molecule has 0 aliphatic heterocycles. The van der Waals surface area contributed by atoms with Crippen LogP contribution in [0.15, 0.2) is 0 Å². The Morgan fingerprint density at radius 1 is 1.07 bits per heavy atom. The number of hydrogen-bond acceptors (Lipinski definition) is 7. The Morgan fingerprint density at radius 3 is 2.43 bits per heavy atom. The summed E-state index contributed by atoms with van der Waals surface area (Å²) in [6.07, 6.45) is 0. The molecule has 0 atom stereocenters. The van der Waals surface area contributed by atoms with Crippen LogP contribution < -0.4 is 15.2 Å². The highest BCUT2D eigenvalue weighted by molar-refractivity contribution is 5.20. The maximum atomic E-state index is 5.39. The van der Waals surface area contributed by atoms with E-state index >= 15 is 0 Å². The molecule has 0 aliphatic carbocycles. The van der Waals surface area contributed by atoms with E-state index in [-0.39, 0.29) is 18.0 Å². The third-order valence-electron chi connectivity index (χ3n) is 1.31. The van der Waals surface area contributed by atoms with E-state index in [4.69, 9.17) is 19.9 Å². The van der Waals surface area contributed by atoms with Crippen LogP contribution in [-0.2, 0) is 4.74 Å². The van der Waals surface area contributed by atoms with E-state index < -0.39 is 0 Å². The quantitative estimate of drug-likeness (QED) is 0.639. The fourth-order valence-corrected chi connectivity index (χ4v) is 0.725. The summed E-state index contributed by atoms with van der Waals surface area (Å²) in [7, 11) is 3.01. The number of aromatic nitrogens is 3. The predicted molar refractivity (Wildman–Crippen MR) is 48.2 cm³/mol. The summed E-state index contributed by atoms with van der Waals surface area (Å²) in [5, 5.41) is 0. The van der Waals surface area contributed by atoms with Crippen molar-refractivity contribution < 1.29 is 14.2 Å². The molecule has 7 heteroatoms. The number of anilines is 1. The summed E-state index contributed by atoms with van der Waals surface area (Å²) in [5.74, 6) is 0.0595. The Hall–Kier alpha value is -1.63. The van der Waals surface area contributed by atoms with Crippen molar-refractivity contribution in [1.29, 1.82) is 0 Å². The molecule has 0 fully saturated rings. The molecule has 0 spiro atoms. The van der Waals surface area contributed by atoms with Gasteiger partial charge in [0.15, 0.2) is 0 Å². The predicted octanol–water partition coefficient (Wildman–Crippen LogP) is -0.512. The number of methoxy groups -OCH3 is 2. The second-order valence-corrected chi connectivity index (χ2v) is 2.30. The maximum Gasteiger partial charge on any atom is 0.324 e. The van der Waals surface area contributed by atoms with Crippen molar-refractivity contribution in [3.63, 3.8) is 0 Å². The lowest BCUT2D eigenvalue weighted by Crippen LogP contribution is -2.09. The Balaban J connectivity index is 2.62. The van der Waals surface area contributed by atoms with Crippen LogP contribution in [0.2, 0.25) is 0 Å². The van der Waals surface area contributed by atoms with Gasteiger partial charge in [-0.2, -0.15) is 9.97 Å². The van der Waals surface area contributed by atoms with Crippen LogP contribution in [0.5, 0.6) is 12.0 Å². The molecule has 1 rings (SSSR count).